The van der Waals surface area contributed by atoms with Crippen molar-refractivity contribution in [3.05, 3.63) is 66.2 Å². The molecule has 0 radical (unpaired) electrons. The van der Waals surface area contributed by atoms with Gasteiger partial charge in [0.2, 0.25) is 0 Å². The molecular weight excluding hydrogens is 409 g/mol. The van der Waals surface area contributed by atoms with Crippen LogP contribution in [0.1, 0.15) is 18.4 Å². The highest BCUT2D eigenvalue weighted by atomic mass is 19.1. The van der Waals surface area contributed by atoms with Gasteiger partial charge in [-0.05, 0) is 37.6 Å². The van der Waals surface area contributed by atoms with Crippen molar-refractivity contribution < 1.29 is 13.9 Å². The molecule has 1 aliphatic rings. The zero-order chi connectivity index (χ0) is 22.5. The number of aliphatic imine (C=N–C) groups is 1. The molecule has 1 aromatic heterocycles. The standard InChI is InChI=1S/C24H26FN5O2/c1-32-19-8-7-17(21(25)12-19)14-30-11-3-5-18(15-30)23(26)29-24(31)28-22-6-2-4-16-13-27-10-9-20(16)22/h2,4,6-10,12-13,18H,3,5,11,14-15H2,1H3,(H3,26,28,29,31). The van der Waals surface area contributed by atoms with Crippen LogP contribution >= 0.6 is 0 Å². The van der Waals surface area contributed by atoms with Crippen molar-refractivity contribution in [2.24, 2.45) is 16.6 Å². The molecule has 4 rings (SSSR count). The molecule has 1 atom stereocenters. The lowest BCUT2D eigenvalue weighted by Crippen LogP contribution is -2.41. The maximum Gasteiger partial charge on any atom is 0.347 e. The maximum absolute atomic E-state index is 14.3. The number of hydrogen-bond donors (Lipinski definition) is 2. The first kappa shape index (κ1) is 21.7. The van der Waals surface area contributed by atoms with E-state index in [-0.39, 0.29) is 11.7 Å². The second kappa shape index (κ2) is 9.74. The fraction of sp³-hybridized carbons (Fsp3) is 0.292. The molecule has 0 spiro atoms. The number of urea groups is 1. The van der Waals surface area contributed by atoms with Crippen LogP contribution in [0.5, 0.6) is 5.75 Å². The van der Waals surface area contributed by atoms with E-state index in [0.29, 0.717) is 35.9 Å². The first-order chi connectivity index (χ1) is 15.5. The SMILES string of the molecule is COc1ccc(CN2CCCC(/C(N)=N/C(=O)Nc3cccc4cnccc34)C2)c(F)c1. The highest BCUT2D eigenvalue weighted by Crippen LogP contribution is 2.24. The predicted octanol–water partition coefficient (Wildman–Crippen LogP) is 4.18. The van der Waals surface area contributed by atoms with E-state index < -0.39 is 6.03 Å². The highest BCUT2D eigenvalue weighted by Gasteiger charge is 2.24. The molecule has 3 N–H and O–H groups in total. The van der Waals surface area contributed by atoms with Crippen molar-refractivity contribution in [1.82, 2.24) is 9.88 Å². The number of ether oxygens (including phenoxy) is 1. The number of anilines is 1. The summed E-state index contributed by atoms with van der Waals surface area (Å²) in [6.07, 6.45) is 5.16. The van der Waals surface area contributed by atoms with Gasteiger partial charge in [-0.2, -0.15) is 4.99 Å². The van der Waals surface area contributed by atoms with Gasteiger partial charge < -0.3 is 15.8 Å². The molecule has 1 unspecified atom stereocenters. The summed E-state index contributed by atoms with van der Waals surface area (Å²) in [5, 5.41) is 4.63. The fourth-order valence-corrected chi connectivity index (χ4v) is 4.05. The molecule has 0 saturated carbocycles. The maximum atomic E-state index is 14.3. The molecular formula is C24H26FN5O2. The Morgan fingerprint density at radius 2 is 2.22 bits per heavy atom. The largest absolute Gasteiger partial charge is 0.497 e. The number of likely N-dealkylation sites (tertiary alicyclic amines) is 1. The number of nitrogens with two attached hydrogens (primary N) is 1. The summed E-state index contributed by atoms with van der Waals surface area (Å²) in [4.78, 5) is 22.8. The van der Waals surface area contributed by atoms with Crippen molar-refractivity contribution in [3.8, 4) is 5.75 Å². The third-order valence-corrected chi connectivity index (χ3v) is 5.73. The Labute approximate surface area is 186 Å². The van der Waals surface area contributed by atoms with Crippen LogP contribution in [0.2, 0.25) is 0 Å². The van der Waals surface area contributed by atoms with Gasteiger partial charge in [0.25, 0.3) is 0 Å². The summed E-state index contributed by atoms with van der Waals surface area (Å²) in [7, 11) is 1.51. The number of benzene rings is 2. The Hall–Kier alpha value is -3.52. The molecule has 0 bridgehead atoms. The predicted molar refractivity (Wildman–Crippen MR) is 123 cm³/mol. The minimum atomic E-state index is -0.509. The quantitative estimate of drug-likeness (QED) is 0.463. The van der Waals surface area contributed by atoms with Gasteiger partial charge in [-0.1, -0.05) is 18.2 Å². The van der Waals surface area contributed by atoms with Crippen LogP contribution in [-0.4, -0.2) is 41.9 Å². The summed E-state index contributed by atoms with van der Waals surface area (Å²) >= 11 is 0. The van der Waals surface area contributed by atoms with Crippen LogP contribution in [0.25, 0.3) is 10.8 Å². The third-order valence-electron chi connectivity index (χ3n) is 5.73. The van der Waals surface area contributed by atoms with Gasteiger partial charge in [-0.3, -0.25) is 9.88 Å². The number of halogens is 1. The normalized spacial score (nSPS) is 17.3. The molecule has 166 valence electrons. The Balaban J connectivity index is 1.41. The number of carbonyl (C=O) groups is 1. The summed E-state index contributed by atoms with van der Waals surface area (Å²) in [5.41, 5.74) is 7.46. The molecule has 8 heteroatoms. The third kappa shape index (κ3) is 5.03. The molecule has 0 aliphatic carbocycles. The molecule has 7 nitrogen and oxygen atoms in total. The Morgan fingerprint density at radius 3 is 3.03 bits per heavy atom. The molecule has 1 fully saturated rings. The number of nitrogens with zero attached hydrogens (tertiary/aromatic N) is 3. The molecule has 1 saturated heterocycles. The Kier molecular flexibility index (Phi) is 6.61. The van der Waals surface area contributed by atoms with Gasteiger partial charge in [0, 0.05) is 53.8 Å². The first-order valence-corrected chi connectivity index (χ1v) is 10.6. The zero-order valence-corrected chi connectivity index (χ0v) is 17.9. The van der Waals surface area contributed by atoms with Crippen LogP contribution in [0, 0.1) is 11.7 Å². The summed E-state index contributed by atoms with van der Waals surface area (Å²) in [6.45, 7) is 1.93. The fourth-order valence-electron chi connectivity index (χ4n) is 4.05. The first-order valence-electron chi connectivity index (χ1n) is 10.6. The number of amidine groups is 1. The summed E-state index contributed by atoms with van der Waals surface area (Å²) in [5.74, 6) is 0.433. The minimum Gasteiger partial charge on any atom is -0.497 e. The van der Waals surface area contributed by atoms with Gasteiger partial charge in [0.05, 0.1) is 12.8 Å². The average Bonchev–Trinajstić information content (AvgIpc) is 2.81. The molecule has 1 aliphatic heterocycles. The van der Waals surface area contributed by atoms with Crippen molar-refractivity contribution in [2.45, 2.75) is 19.4 Å². The van der Waals surface area contributed by atoms with E-state index in [1.165, 1.54) is 13.2 Å². The number of rotatable bonds is 5. The van der Waals surface area contributed by atoms with E-state index >= 15 is 0 Å². The van der Waals surface area contributed by atoms with Gasteiger partial charge in [-0.15, -0.1) is 0 Å². The van der Waals surface area contributed by atoms with Crippen LogP contribution in [0.3, 0.4) is 0 Å². The van der Waals surface area contributed by atoms with Crippen molar-refractivity contribution >= 4 is 28.3 Å². The zero-order valence-electron chi connectivity index (χ0n) is 17.9. The van der Waals surface area contributed by atoms with Crippen molar-refractivity contribution in [3.63, 3.8) is 0 Å². The molecule has 2 heterocycles. The average molecular weight is 436 g/mol. The molecule has 2 aromatic carbocycles. The topological polar surface area (TPSA) is 92.8 Å². The lowest BCUT2D eigenvalue weighted by atomic mass is 9.96. The lowest BCUT2D eigenvalue weighted by molar-refractivity contribution is 0.193. The summed E-state index contributed by atoms with van der Waals surface area (Å²) < 4.78 is 19.4. The van der Waals surface area contributed by atoms with Crippen molar-refractivity contribution in [1.29, 1.82) is 0 Å². The van der Waals surface area contributed by atoms with E-state index in [9.17, 15) is 9.18 Å². The number of aromatic nitrogens is 1. The number of fused-ring (bicyclic) bond motifs is 1. The number of nitrogens with one attached hydrogen (secondary N) is 1. The van der Waals surface area contributed by atoms with E-state index in [1.807, 2.05) is 24.3 Å². The highest BCUT2D eigenvalue weighted by molar-refractivity contribution is 6.05. The Bertz CT molecular complexity index is 1140. The smallest absolute Gasteiger partial charge is 0.347 e. The number of hydrogen-bond acceptors (Lipinski definition) is 4. The van der Waals surface area contributed by atoms with Crippen LogP contribution < -0.4 is 15.8 Å². The van der Waals surface area contributed by atoms with Gasteiger partial charge in [0.1, 0.15) is 17.4 Å². The second-order valence-corrected chi connectivity index (χ2v) is 7.90. The number of amides is 2. The van der Waals surface area contributed by atoms with Crippen molar-refractivity contribution in [2.75, 3.05) is 25.5 Å². The number of piperidine rings is 1. The Morgan fingerprint density at radius 1 is 1.34 bits per heavy atom. The second-order valence-electron chi connectivity index (χ2n) is 7.90. The van der Waals surface area contributed by atoms with Crippen LogP contribution in [0.4, 0.5) is 14.9 Å². The van der Waals surface area contributed by atoms with Crippen LogP contribution in [-0.2, 0) is 6.54 Å². The monoisotopic (exact) mass is 435 g/mol. The number of methoxy groups -OCH3 is 1. The number of carbonyl (C=O) groups excluding carboxylic acids is 1. The van der Waals surface area contributed by atoms with E-state index in [2.05, 4.69) is 20.2 Å². The summed E-state index contributed by atoms with van der Waals surface area (Å²) in [6, 6.07) is 11.8. The van der Waals surface area contributed by atoms with E-state index in [4.69, 9.17) is 10.5 Å². The van der Waals surface area contributed by atoms with E-state index in [0.717, 1.165) is 30.2 Å². The molecule has 3 aromatic rings. The molecule has 32 heavy (non-hydrogen) atoms. The van der Waals surface area contributed by atoms with Gasteiger partial charge in [-0.25, -0.2) is 9.18 Å². The van der Waals surface area contributed by atoms with Gasteiger partial charge >= 0.3 is 6.03 Å². The molecule has 2 amide bonds. The lowest BCUT2D eigenvalue weighted by Gasteiger charge is -2.32. The van der Waals surface area contributed by atoms with Crippen LogP contribution in [0.15, 0.2) is 59.9 Å². The van der Waals surface area contributed by atoms with E-state index in [1.54, 1.807) is 24.5 Å². The minimum absolute atomic E-state index is 0.0625. The van der Waals surface area contributed by atoms with Gasteiger partial charge in [0.15, 0.2) is 0 Å². The number of pyridine rings is 1.